The van der Waals surface area contributed by atoms with Gasteiger partial charge in [0.2, 0.25) is 0 Å². The Kier molecular flexibility index (Phi) is 5.53. The van der Waals surface area contributed by atoms with E-state index in [0.717, 1.165) is 19.3 Å². The number of benzene rings is 1. The van der Waals surface area contributed by atoms with Crippen molar-refractivity contribution in [3.63, 3.8) is 0 Å². The third kappa shape index (κ3) is 4.47. The monoisotopic (exact) mass is 236 g/mol. The van der Waals surface area contributed by atoms with Crippen molar-refractivity contribution in [1.29, 1.82) is 0 Å². The Labute approximate surface area is 102 Å². The molecular weight excluding hydrogens is 216 g/mol. The summed E-state index contributed by atoms with van der Waals surface area (Å²) in [6.45, 7) is 3.86. The van der Waals surface area contributed by atoms with Gasteiger partial charge in [0, 0.05) is 12.0 Å². The zero-order valence-electron chi connectivity index (χ0n) is 10.5. The van der Waals surface area contributed by atoms with Crippen LogP contribution in [0.3, 0.4) is 0 Å². The average molecular weight is 236 g/mol. The molecule has 0 aliphatic rings. The van der Waals surface area contributed by atoms with Crippen molar-refractivity contribution in [3.8, 4) is 5.75 Å². The van der Waals surface area contributed by atoms with Gasteiger partial charge in [-0.25, -0.2) is 0 Å². The minimum atomic E-state index is -0.398. The first-order chi connectivity index (χ1) is 8.15. The SMILES string of the molecule is CCCCCC(=O)OC(C)c1ccccc1O. The number of hydrogen-bond acceptors (Lipinski definition) is 3. The van der Waals surface area contributed by atoms with Crippen LogP contribution in [0.5, 0.6) is 5.75 Å². The molecule has 1 unspecified atom stereocenters. The molecule has 1 aromatic carbocycles. The fourth-order valence-electron chi connectivity index (χ4n) is 1.67. The van der Waals surface area contributed by atoms with E-state index in [1.165, 1.54) is 0 Å². The lowest BCUT2D eigenvalue weighted by Gasteiger charge is -2.14. The highest BCUT2D eigenvalue weighted by atomic mass is 16.5. The number of hydrogen-bond donors (Lipinski definition) is 1. The van der Waals surface area contributed by atoms with Crippen LogP contribution < -0.4 is 0 Å². The van der Waals surface area contributed by atoms with E-state index < -0.39 is 6.10 Å². The molecule has 0 amide bonds. The molecule has 17 heavy (non-hydrogen) atoms. The third-order valence-electron chi connectivity index (χ3n) is 2.67. The number of ether oxygens (including phenoxy) is 1. The van der Waals surface area contributed by atoms with Gasteiger partial charge in [-0.1, -0.05) is 38.0 Å². The van der Waals surface area contributed by atoms with Crippen LogP contribution in [0.4, 0.5) is 0 Å². The summed E-state index contributed by atoms with van der Waals surface area (Å²) in [4.78, 5) is 11.5. The van der Waals surface area contributed by atoms with Gasteiger partial charge in [-0.15, -0.1) is 0 Å². The van der Waals surface area contributed by atoms with Crippen LogP contribution in [0.25, 0.3) is 0 Å². The fraction of sp³-hybridized carbons (Fsp3) is 0.500. The lowest BCUT2D eigenvalue weighted by atomic mass is 10.1. The summed E-state index contributed by atoms with van der Waals surface area (Å²) in [7, 11) is 0. The van der Waals surface area contributed by atoms with Crippen LogP contribution in [0.15, 0.2) is 24.3 Å². The third-order valence-corrected chi connectivity index (χ3v) is 2.67. The maximum absolute atomic E-state index is 11.5. The van der Waals surface area contributed by atoms with E-state index in [1.807, 2.05) is 6.07 Å². The quantitative estimate of drug-likeness (QED) is 0.606. The number of rotatable bonds is 6. The van der Waals surface area contributed by atoms with Gasteiger partial charge in [0.1, 0.15) is 11.9 Å². The molecule has 1 atom stereocenters. The molecule has 1 rings (SSSR count). The lowest BCUT2D eigenvalue weighted by Crippen LogP contribution is -2.08. The van der Waals surface area contributed by atoms with Crippen molar-refractivity contribution in [3.05, 3.63) is 29.8 Å². The fourth-order valence-corrected chi connectivity index (χ4v) is 1.67. The molecule has 0 heterocycles. The number of unbranched alkanes of at least 4 members (excludes halogenated alkanes) is 2. The van der Waals surface area contributed by atoms with Gasteiger partial charge in [-0.05, 0) is 19.4 Å². The predicted octanol–water partition coefficient (Wildman–Crippen LogP) is 3.58. The first-order valence-corrected chi connectivity index (χ1v) is 6.12. The minimum Gasteiger partial charge on any atom is -0.508 e. The molecule has 0 aromatic heterocycles. The standard InChI is InChI=1S/C14H20O3/c1-3-4-5-10-14(16)17-11(2)12-8-6-7-9-13(12)15/h6-9,11,15H,3-5,10H2,1-2H3. The van der Waals surface area contributed by atoms with E-state index in [1.54, 1.807) is 25.1 Å². The number of aromatic hydroxyl groups is 1. The molecule has 0 aliphatic carbocycles. The summed E-state index contributed by atoms with van der Waals surface area (Å²) < 4.78 is 5.26. The van der Waals surface area contributed by atoms with E-state index in [4.69, 9.17) is 4.74 Å². The number of phenols is 1. The lowest BCUT2D eigenvalue weighted by molar-refractivity contribution is -0.148. The number of esters is 1. The summed E-state index contributed by atoms with van der Waals surface area (Å²) in [5.74, 6) is -0.0319. The Morgan fingerprint density at radius 3 is 2.71 bits per heavy atom. The van der Waals surface area contributed by atoms with Gasteiger partial charge in [-0.2, -0.15) is 0 Å². The van der Waals surface area contributed by atoms with Crippen LogP contribution in [-0.2, 0) is 9.53 Å². The summed E-state index contributed by atoms with van der Waals surface area (Å²) in [5.41, 5.74) is 0.649. The molecular formula is C14H20O3. The Morgan fingerprint density at radius 2 is 2.06 bits per heavy atom. The number of para-hydroxylation sites is 1. The van der Waals surface area contributed by atoms with Crippen molar-refractivity contribution in [1.82, 2.24) is 0 Å². The summed E-state index contributed by atoms with van der Waals surface area (Å²) >= 11 is 0. The van der Waals surface area contributed by atoms with E-state index in [-0.39, 0.29) is 11.7 Å². The van der Waals surface area contributed by atoms with Crippen LogP contribution in [0, 0.1) is 0 Å². The van der Waals surface area contributed by atoms with E-state index >= 15 is 0 Å². The second-order valence-corrected chi connectivity index (χ2v) is 4.15. The highest BCUT2D eigenvalue weighted by molar-refractivity contribution is 5.69. The van der Waals surface area contributed by atoms with Crippen molar-refractivity contribution < 1.29 is 14.6 Å². The minimum absolute atomic E-state index is 0.168. The normalized spacial score (nSPS) is 12.1. The zero-order valence-corrected chi connectivity index (χ0v) is 10.5. The Hall–Kier alpha value is -1.51. The van der Waals surface area contributed by atoms with Gasteiger partial charge >= 0.3 is 5.97 Å². The van der Waals surface area contributed by atoms with Crippen LogP contribution in [0.2, 0.25) is 0 Å². The topological polar surface area (TPSA) is 46.5 Å². The van der Waals surface area contributed by atoms with Gasteiger partial charge in [0.05, 0.1) is 0 Å². The zero-order chi connectivity index (χ0) is 12.7. The van der Waals surface area contributed by atoms with Crippen molar-refractivity contribution in [2.75, 3.05) is 0 Å². The van der Waals surface area contributed by atoms with Gasteiger partial charge < -0.3 is 9.84 Å². The molecule has 0 saturated carbocycles. The molecule has 0 saturated heterocycles. The maximum Gasteiger partial charge on any atom is 0.306 e. The summed E-state index contributed by atoms with van der Waals surface area (Å²) in [5, 5.41) is 9.62. The molecule has 1 N–H and O–H groups in total. The molecule has 0 aliphatic heterocycles. The molecule has 0 spiro atoms. The molecule has 0 fully saturated rings. The van der Waals surface area contributed by atoms with Crippen LogP contribution in [0.1, 0.15) is 51.2 Å². The van der Waals surface area contributed by atoms with E-state index in [9.17, 15) is 9.90 Å². The Bertz CT molecular complexity index is 360. The summed E-state index contributed by atoms with van der Waals surface area (Å²) in [6, 6.07) is 6.92. The van der Waals surface area contributed by atoms with Crippen LogP contribution >= 0.6 is 0 Å². The smallest absolute Gasteiger partial charge is 0.306 e. The number of carbonyl (C=O) groups is 1. The molecule has 94 valence electrons. The molecule has 0 bridgehead atoms. The van der Waals surface area contributed by atoms with Gasteiger partial charge in [-0.3, -0.25) is 4.79 Å². The highest BCUT2D eigenvalue weighted by Gasteiger charge is 2.14. The average Bonchev–Trinajstić information content (AvgIpc) is 2.29. The molecule has 0 radical (unpaired) electrons. The molecule has 3 nitrogen and oxygen atoms in total. The molecule has 3 heteroatoms. The predicted molar refractivity (Wildman–Crippen MR) is 66.8 cm³/mol. The second-order valence-electron chi connectivity index (χ2n) is 4.15. The van der Waals surface area contributed by atoms with E-state index in [2.05, 4.69) is 6.92 Å². The van der Waals surface area contributed by atoms with Crippen LogP contribution in [-0.4, -0.2) is 11.1 Å². The van der Waals surface area contributed by atoms with Gasteiger partial charge in [0.25, 0.3) is 0 Å². The first-order valence-electron chi connectivity index (χ1n) is 6.12. The maximum atomic E-state index is 11.5. The highest BCUT2D eigenvalue weighted by Crippen LogP contribution is 2.26. The number of phenolic OH excluding ortho intramolecular Hbond substituents is 1. The second kappa shape index (κ2) is 6.94. The van der Waals surface area contributed by atoms with E-state index in [0.29, 0.717) is 12.0 Å². The van der Waals surface area contributed by atoms with Gasteiger partial charge in [0.15, 0.2) is 0 Å². The number of carbonyl (C=O) groups excluding carboxylic acids is 1. The summed E-state index contributed by atoms with van der Waals surface area (Å²) in [6.07, 6.45) is 3.04. The molecule has 1 aromatic rings. The van der Waals surface area contributed by atoms with Crippen molar-refractivity contribution in [2.24, 2.45) is 0 Å². The van der Waals surface area contributed by atoms with Crippen molar-refractivity contribution >= 4 is 5.97 Å². The largest absolute Gasteiger partial charge is 0.508 e. The Balaban J connectivity index is 2.46. The first kappa shape index (κ1) is 13.6. The Morgan fingerprint density at radius 1 is 1.35 bits per heavy atom. The van der Waals surface area contributed by atoms with Crippen molar-refractivity contribution in [2.45, 2.75) is 45.6 Å².